The van der Waals surface area contributed by atoms with Crippen LogP contribution in [0.3, 0.4) is 0 Å². The average molecular weight is 273 g/mol. The van der Waals surface area contributed by atoms with Crippen molar-refractivity contribution in [2.75, 3.05) is 23.9 Å². The van der Waals surface area contributed by atoms with Crippen molar-refractivity contribution in [3.8, 4) is 0 Å². The highest BCUT2D eigenvalue weighted by Gasteiger charge is 2.16. The van der Waals surface area contributed by atoms with Crippen LogP contribution < -0.4 is 16.2 Å². The summed E-state index contributed by atoms with van der Waals surface area (Å²) >= 11 is 1.47. The van der Waals surface area contributed by atoms with Gasteiger partial charge in [0.2, 0.25) is 5.95 Å². The third kappa shape index (κ3) is 2.49. The highest BCUT2D eigenvalue weighted by molar-refractivity contribution is 7.18. The van der Waals surface area contributed by atoms with Gasteiger partial charge in [0, 0.05) is 11.9 Å². The molecule has 2 heterocycles. The van der Waals surface area contributed by atoms with E-state index in [0.717, 1.165) is 15.1 Å². The van der Waals surface area contributed by atoms with Crippen molar-refractivity contribution >= 4 is 33.3 Å². The first kappa shape index (κ1) is 12.9. The number of halogens is 2. The maximum absolute atomic E-state index is 12.4. The second-order valence-electron chi connectivity index (χ2n) is 3.86. The second kappa shape index (κ2) is 4.99. The maximum atomic E-state index is 12.4. The van der Waals surface area contributed by atoms with E-state index in [1.165, 1.54) is 16.2 Å². The number of anilines is 2. The molecule has 0 bridgehead atoms. The fraction of sp³-hybridized carbons (Fsp3) is 0.400. The highest BCUT2D eigenvalue weighted by Crippen LogP contribution is 2.31. The average Bonchev–Trinajstić information content (AvgIpc) is 2.66. The van der Waals surface area contributed by atoms with Gasteiger partial charge in [-0.15, -0.1) is 11.3 Å². The van der Waals surface area contributed by atoms with Crippen molar-refractivity contribution in [3.63, 3.8) is 0 Å². The van der Waals surface area contributed by atoms with Gasteiger partial charge in [-0.2, -0.15) is 4.98 Å². The summed E-state index contributed by atoms with van der Waals surface area (Å²) in [6.45, 7) is 1.55. The Morgan fingerprint density at radius 1 is 1.50 bits per heavy atom. The number of nitrogen functional groups attached to an aromatic ring is 1. The molecule has 0 saturated carbocycles. The Labute approximate surface area is 107 Å². The van der Waals surface area contributed by atoms with E-state index in [0.29, 0.717) is 5.82 Å². The summed E-state index contributed by atoms with van der Waals surface area (Å²) in [5.74, 6) is 5.96. The van der Waals surface area contributed by atoms with E-state index in [1.54, 1.807) is 7.05 Å². The van der Waals surface area contributed by atoms with Crippen LogP contribution >= 0.6 is 11.3 Å². The predicted molar refractivity (Wildman–Crippen MR) is 69.2 cm³/mol. The van der Waals surface area contributed by atoms with Gasteiger partial charge in [0.15, 0.2) is 0 Å². The van der Waals surface area contributed by atoms with Gasteiger partial charge in [0.05, 0.1) is 11.9 Å². The van der Waals surface area contributed by atoms with E-state index in [9.17, 15) is 8.78 Å². The van der Waals surface area contributed by atoms with E-state index < -0.39 is 6.43 Å². The monoisotopic (exact) mass is 273 g/mol. The van der Waals surface area contributed by atoms with Crippen molar-refractivity contribution in [1.82, 2.24) is 9.97 Å². The van der Waals surface area contributed by atoms with Crippen molar-refractivity contribution in [2.45, 2.75) is 13.3 Å². The molecule has 0 radical (unpaired) electrons. The lowest BCUT2D eigenvalue weighted by Crippen LogP contribution is -2.25. The van der Waals surface area contributed by atoms with Crippen molar-refractivity contribution in [1.29, 1.82) is 0 Å². The summed E-state index contributed by atoms with van der Waals surface area (Å²) in [7, 11) is 1.57. The molecule has 5 nitrogen and oxygen atoms in total. The summed E-state index contributed by atoms with van der Waals surface area (Å²) in [6.07, 6.45) is -2.42. The third-order valence-corrected chi connectivity index (χ3v) is 3.34. The van der Waals surface area contributed by atoms with Gasteiger partial charge in [-0.25, -0.2) is 19.6 Å². The smallest absolute Gasteiger partial charge is 0.255 e. The van der Waals surface area contributed by atoms with Crippen LogP contribution in [-0.2, 0) is 0 Å². The fourth-order valence-electron chi connectivity index (χ4n) is 1.68. The van der Waals surface area contributed by atoms with Crippen LogP contribution in [-0.4, -0.2) is 30.0 Å². The molecule has 0 spiro atoms. The Balaban J connectivity index is 2.52. The number of nitrogens with zero attached hydrogens (tertiary/aromatic N) is 3. The van der Waals surface area contributed by atoms with Crippen LogP contribution in [0.5, 0.6) is 0 Å². The van der Waals surface area contributed by atoms with Gasteiger partial charge in [0.1, 0.15) is 10.6 Å². The number of hydrogen-bond acceptors (Lipinski definition) is 6. The number of aromatic nitrogens is 2. The van der Waals surface area contributed by atoms with E-state index in [-0.39, 0.29) is 12.5 Å². The molecule has 0 unspecified atom stereocenters. The molecule has 2 aromatic rings. The highest BCUT2D eigenvalue weighted by atomic mass is 32.1. The number of nitrogens with one attached hydrogen (secondary N) is 1. The van der Waals surface area contributed by atoms with Crippen LogP contribution in [0, 0.1) is 6.92 Å². The molecule has 0 fully saturated rings. The Bertz CT molecular complexity index is 556. The van der Waals surface area contributed by atoms with Crippen LogP contribution in [0.1, 0.15) is 4.88 Å². The van der Waals surface area contributed by atoms with Crippen LogP contribution in [0.15, 0.2) is 6.07 Å². The predicted octanol–water partition coefficient (Wildman–Crippen LogP) is 1.99. The molecule has 0 amide bonds. The molecule has 8 heteroatoms. The molecule has 98 valence electrons. The number of nitrogens with two attached hydrogens (primary N) is 1. The summed E-state index contributed by atoms with van der Waals surface area (Å²) in [5.41, 5.74) is 2.35. The van der Waals surface area contributed by atoms with Crippen LogP contribution in [0.2, 0.25) is 0 Å². The van der Waals surface area contributed by atoms with Gasteiger partial charge in [-0.05, 0) is 13.0 Å². The molecule has 0 aliphatic heterocycles. The zero-order valence-corrected chi connectivity index (χ0v) is 10.8. The summed E-state index contributed by atoms with van der Waals surface area (Å²) in [6, 6.07) is 1.89. The number of rotatable bonds is 4. The Morgan fingerprint density at radius 3 is 2.83 bits per heavy atom. The summed E-state index contributed by atoms with van der Waals surface area (Å²) in [4.78, 5) is 11.5. The quantitative estimate of drug-likeness (QED) is 0.658. The first-order valence-electron chi connectivity index (χ1n) is 5.25. The van der Waals surface area contributed by atoms with E-state index in [1.807, 2.05) is 13.0 Å². The number of aryl methyl sites for hydroxylation is 1. The zero-order chi connectivity index (χ0) is 13.3. The summed E-state index contributed by atoms with van der Waals surface area (Å²) in [5, 5.41) is 0.764. The molecule has 3 N–H and O–H groups in total. The number of thiophene rings is 1. The maximum Gasteiger partial charge on any atom is 0.255 e. The van der Waals surface area contributed by atoms with Crippen LogP contribution in [0.25, 0.3) is 10.2 Å². The Kier molecular flexibility index (Phi) is 3.58. The van der Waals surface area contributed by atoms with E-state index >= 15 is 0 Å². The van der Waals surface area contributed by atoms with E-state index in [2.05, 4.69) is 15.4 Å². The molecule has 2 rings (SSSR count). The van der Waals surface area contributed by atoms with Gasteiger partial charge < -0.3 is 4.90 Å². The standard InChI is InChI=1S/C10H13F2N5S/c1-5-3-6-8(17(2)4-7(11)12)14-10(16-13)15-9(6)18-5/h3,7H,4,13H2,1-2H3,(H,14,15,16). The lowest BCUT2D eigenvalue weighted by molar-refractivity contribution is 0.156. The fourth-order valence-corrected chi connectivity index (χ4v) is 2.55. The minimum absolute atomic E-state index is 0.223. The normalized spacial score (nSPS) is 11.2. The lowest BCUT2D eigenvalue weighted by Gasteiger charge is -2.18. The van der Waals surface area contributed by atoms with Crippen molar-refractivity contribution in [2.24, 2.45) is 5.84 Å². The first-order chi connectivity index (χ1) is 8.51. The van der Waals surface area contributed by atoms with Gasteiger partial charge >= 0.3 is 0 Å². The number of fused-ring (bicyclic) bond motifs is 1. The topological polar surface area (TPSA) is 67.1 Å². The van der Waals surface area contributed by atoms with Crippen molar-refractivity contribution < 1.29 is 8.78 Å². The van der Waals surface area contributed by atoms with E-state index in [4.69, 9.17) is 5.84 Å². The lowest BCUT2D eigenvalue weighted by atomic mass is 10.3. The molecular formula is C10H13F2N5S. The number of hydrazine groups is 1. The minimum Gasteiger partial charge on any atom is -0.353 e. The van der Waals surface area contributed by atoms with Crippen LogP contribution in [0.4, 0.5) is 20.5 Å². The largest absolute Gasteiger partial charge is 0.353 e. The number of alkyl halides is 2. The molecule has 0 atom stereocenters. The molecule has 18 heavy (non-hydrogen) atoms. The van der Waals surface area contributed by atoms with Gasteiger partial charge in [-0.3, -0.25) is 5.43 Å². The molecule has 2 aromatic heterocycles. The minimum atomic E-state index is -2.42. The Hall–Kier alpha value is -1.54. The molecule has 0 aromatic carbocycles. The molecule has 0 aliphatic carbocycles. The SMILES string of the molecule is Cc1cc2c(N(C)CC(F)F)nc(NN)nc2s1. The van der Waals surface area contributed by atoms with Crippen molar-refractivity contribution in [3.05, 3.63) is 10.9 Å². The Morgan fingerprint density at radius 2 is 2.22 bits per heavy atom. The second-order valence-corrected chi connectivity index (χ2v) is 5.10. The molecule has 0 saturated heterocycles. The molecule has 0 aliphatic rings. The molecular weight excluding hydrogens is 260 g/mol. The number of hydrogen-bond donors (Lipinski definition) is 2. The van der Waals surface area contributed by atoms with Gasteiger partial charge in [0.25, 0.3) is 6.43 Å². The third-order valence-electron chi connectivity index (χ3n) is 2.40. The zero-order valence-electron chi connectivity index (χ0n) is 9.94. The summed E-state index contributed by atoms with van der Waals surface area (Å²) < 4.78 is 24.9. The van der Waals surface area contributed by atoms with Gasteiger partial charge in [-0.1, -0.05) is 0 Å². The first-order valence-corrected chi connectivity index (χ1v) is 6.07.